The molecule has 1 N–H and O–H groups in total. The van der Waals surface area contributed by atoms with Crippen molar-refractivity contribution in [1.82, 2.24) is 0 Å². The Balaban J connectivity index is 2.18. The minimum atomic E-state index is -1.20. The number of ketones is 1. The van der Waals surface area contributed by atoms with E-state index in [1.54, 1.807) is 24.3 Å². The van der Waals surface area contributed by atoms with E-state index in [1.165, 1.54) is 26.4 Å². The van der Waals surface area contributed by atoms with Crippen molar-refractivity contribution in [2.75, 3.05) is 20.8 Å². The molecule has 0 unspecified atom stereocenters. The summed E-state index contributed by atoms with van der Waals surface area (Å²) in [5.74, 6) is -1.32. The average molecular weight is 360 g/mol. The monoisotopic (exact) mass is 360 g/mol. The number of rotatable bonds is 8. The lowest BCUT2D eigenvalue weighted by Crippen LogP contribution is -2.10. The Hall–Kier alpha value is -3.35. The molecule has 2 aromatic rings. The second-order valence-corrected chi connectivity index (χ2v) is 5.17. The Morgan fingerprint density at radius 3 is 2.46 bits per heavy atom. The molecule has 0 heterocycles. The van der Waals surface area contributed by atoms with E-state index in [1.807, 2.05) is 0 Å². The lowest BCUT2D eigenvalue weighted by Gasteiger charge is -2.07. The molecule has 0 saturated heterocycles. The van der Waals surface area contributed by atoms with Gasteiger partial charge in [-0.3, -0.25) is 4.79 Å². The molecule has 0 aliphatic carbocycles. The molecule has 136 valence electrons. The van der Waals surface area contributed by atoms with Gasteiger partial charge in [0.25, 0.3) is 0 Å². The number of hydrogen-bond acceptors (Lipinski definition) is 5. The molecule has 0 radical (unpaired) electrons. The van der Waals surface area contributed by atoms with Crippen LogP contribution in [-0.2, 0) is 4.79 Å². The van der Waals surface area contributed by atoms with Crippen LogP contribution < -0.4 is 14.2 Å². The molecule has 0 bridgehead atoms. The Labute approximate surface area is 149 Å². The van der Waals surface area contributed by atoms with Crippen molar-refractivity contribution in [3.05, 3.63) is 59.4 Å². The van der Waals surface area contributed by atoms with Crippen LogP contribution in [0.5, 0.6) is 17.2 Å². The number of benzene rings is 2. The standard InChI is InChI=1S/C19H17FO6/c1-24-17-6-4-12(7-18(17)25-2)3-5-16(21)13-8-14(20)10-15(9-13)26-11-19(22)23/h3-10H,11H2,1-2H3,(H,22,23)/b5-3+. The second-order valence-electron chi connectivity index (χ2n) is 5.17. The van der Waals surface area contributed by atoms with E-state index >= 15 is 0 Å². The summed E-state index contributed by atoms with van der Waals surface area (Å²) in [6, 6.07) is 8.47. The highest BCUT2D eigenvalue weighted by atomic mass is 19.1. The average Bonchev–Trinajstić information content (AvgIpc) is 2.63. The molecule has 0 fully saturated rings. The fourth-order valence-electron chi connectivity index (χ4n) is 2.16. The largest absolute Gasteiger partial charge is 0.493 e. The maximum absolute atomic E-state index is 13.6. The maximum atomic E-state index is 13.6. The quantitative estimate of drug-likeness (QED) is 0.575. The topological polar surface area (TPSA) is 82.1 Å². The fourth-order valence-corrected chi connectivity index (χ4v) is 2.16. The number of halogens is 1. The van der Waals surface area contributed by atoms with Crippen molar-refractivity contribution >= 4 is 17.8 Å². The van der Waals surface area contributed by atoms with Crippen LogP contribution in [0.1, 0.15) is 15.9 Å². The molecule has 0 spiro atoms. The van der Waals surface area contributed by atoms with Crippen LogP contribution in [0, 0.1) is 5.82 Å². The molecule has 0 aliphatic rings. The van der Waals surface area contributed by atoms with Gasteiger partial charge < -0.3 is 19.3 Å². The van der Waals surface area contributed by atoms with E-state index in [0.717, 1.165) is 12.1 Å². The van der Waals surface area contributed by atoms with Gasteiger partial charge in [0.05, 0.1) is 14.2 Å². The molecule has 7 heteroatoms. The van der Waals surface area contributed by atoms with E-state index in [2.05, 4.69) is 0 Å². The molecule has 0 atom stereocenters. The van der Waals surface area contributed by atoms with Gasteiger partial charge in [-0.1, -0.05) is 12.1 Å². The number of carboxylic acid groups (broad SMARTS) is 1. The number of carboxylic acids is 1. The molecule has 0 aliphatic heterocycles. The van der Waals surface area contributed by atoms with Crippen molar-refractivity contribution in [1.29, 1.82) is 0 Å². The third-order valence-corrected chi connectivity index (χ3v) is 3.35. The number of carbonyl (C=O) groups excluding carboxylic acids is 1. The first-order valence-corrected chi connectivity index (χ1v) is 7.52. The van der Waals surface area contributed by atoms with Gasteiger partial charge in [-0.15, -0.1) is 0 Å². The molecule has 6 nitrogen and oxygen atoms in total. The van der Waals surface area contributed by atoms with Crippen molar-refractivity contribution < 1.29 is 33.3 Å². The number of hydrogen-bond donors (Lipinski definition) is 1. The summed E-state index contributed by atoms with van der Waals surface area (Å²) in [5.41, 5.74) is 0.733. The third kappa shape index (κ3) is 5.07. The number of methoxy groups -OCH3 is 2. The molecular weight excluding hydrogens is 343 g/mol. The van der Waals surface area contributed by atoms with Crippen LogP contribution in [0.3, 0.4) is 0 Å². The van der Waals surface area contributed by atoms with Crippen molar-refractivity contribution in [2.45, 2.75) is 0 Å². The zero-order valence-corrected chi connectivity index (χ0v) is 14.2. The molecule has 0 amide bonds. The lowest BCUT2D eigenvalue weighted by molar-refractivity contribution is -0.139. The van der Waals surface area contributed by atoms with Crippen molar-refractivity contribution in [3.8, 4) is 17.2 Å². The molecular formula is C19H17FO6. The van der Waals surface area contributed by atoms with Crippen molar-refractivity contribution in [3.63, 3.8) is 0 Å². The van der Waals surface area contributed by atoms with Crippen molar-refractivity contribution in [2.24, 2.45) is 0 Å². The zero-order valence-electron chi connectivity index (χ0n) is 14.2. The highest BCUT2D eigenvalue weighted by Crippen LogP contribution is 2.28. The smallest absolute Gasteiger partial charge is 0.341 e. The Kier molecular flexibility index (Phi) is 6.32. The summed E-state index contributed by atoms with van der Waals surface area (Å²) < 4.78 is 28.9. The minimum absolute atomic E-state index is 0.0322. The van der Waals surface area contributed by atoms with Crippen LogP contribution in [-0.4, -0.2) is 37.7 Å². The van der Waals surface area contributed by atoms with E-state index in [9.17, 15) is 14.0 Å². The number of carbonyl (C=O) groups is 2. The van der Waals surface area contributed by atoms with Gasteiger partial charge in [-0.05, 0) is 35.9 Å². The van der Waals surface area contributed by atoms with E-state index in [0.29, 0.717) is 17.1 Å². The highest BCUT2D eigenvalue weighted by Gasteiger charge is 2.09. The first kappa shape index (κ1) is 19.0. The Bertz CT molecular complexity index is 844. The van der Waals surface area contributed by atoms with Crippen LogP contribution in [0.4, 0.5) is 4.39 Å². The predicted molar refractivity (Wildman–Crippen MR) is 92.4 cm³/mol. The van der Waals surface area contributed by atoms with E-state index < -0.39 is 24.2 Å². The molecule has 2 rings (SSSR count). The number of allylic oxidation sites excluding steroid dienone is 1. The lowest BCUT2D eigenvalue weighted by atomic mass is 10.1. The van der Waals surface area contributed by atoms with Gasteiger partial charge in [0.1, 0.15) is 11.6 Å². The van der Waals surface area contributed by atoms with Crippen LogP contribution in [0.15, 0.2) is 42.5 Å². The van der Waals surface area contributed by atoms with Crippen LogP contribution in [0.2, 0.25) is 0 Å². The Morgan fingerprint density at radius 1 is 1.08 bits per heavy atom. The Morgan fingerprint density at radius 2 is 1.81 bits per heavy atom. The predicted octanol–water partition coefficient (Wildman–Crippen LogP) is 3.20. The summed E-state index contributed by atoms with van der Waals surface area (Å²) in [4.78, 5) is 22.8. The molecule has 2 aromatic carbocycles. The van der Waals surface area contributed by atoms with Crippen LogP contribution >= 0.6 is 0 Å². The summed E-state index contributed by atoms with van der Waals surface area (Å²) in [5, 5.41) is 8.60. The number of ether oxygens (including phenoxy) is 3. The number of aliphatic carboxylic acids is 1. The first-order chi connectivity index (χ1) is 12.4. The highest BCUT2D eigenvalue weighted by molar-refractivity contribution is 6.07. The van der Waals surface area contributed by atoms with Gasteiger partial charge in [0.15, 0.2) is 23.9 Å². The molecule has 26 heavy (non-hydrogen) atoms. The molecule has 0 aromatic heterocycles. The summed E-state index contributed by atoms with van der Waals surface area (Å²) in [7, 11) is 3.02. The van der Waals surface area contributed by atoms with Gasteiger partial charge in [-0.25, -0.2) is 9.18 Å². The van der Waals surface area contributed by atoms with Gasteiger partial charge in [0, 0.05) is 11.6 Å². The normalized spacial score (nSPS) is 10.6. The minimum Gasteiger partial charge on any atom is -0.493 e. The second kappa shape index (κ2) is 8.66. The third-order valence-electron chi connectivity index (χ3n) is 3.35. The first-order valence-electron chi connectivity index (χ1n) is 7.52. The van der Waals surface area contributed by atoms with Gasteiger partial charge in [-0.2, -0.15) is 0 Å². The SMILES string of the molecule is COc1ccc(/C=C/C(=O)c2cc(F)cc(OCC(=O)O)c2)cc1OC. The van der Waals surface area contributed by atoms with Gasteiger partial charge >= 0.3 is 5.97 Å². The van der Waals surface area contributed by atoms with Crippen LogP contribution in [0.25, 0.3) is 6.08 Å². The maximum Gasteiger partial charge on any atom is 0.341 e. The van der Waals surface area contributed by atoms with Gasteiger partial charge in [0.2, 0.25) is 0 Å². The summed E-state index contributed by atoms with van der Waals surface area (Å²) in [6.45, 7) is -0.626. The molecule has 0 saturated carbocycles. The van der Waals surface area contributed by atoms with E-state index in [-0.39, 0.29) is 11.3 Å². The fraction of sp³-hybridized carbons (Fsp3) is 0.158. The summed E-state index contributed by atoms with van der Waals surface area (Å²) >= 11 is 0. The zero-order chi connectivity index (χ0) is 19.1. The van der Waals surface area contributed by atoms with E-state index in [4.69, 9.17) is 19.3 Å². The summed E-state index contributed by atoms with van der Waals surface area (Å²) in [6.07, 6.45) is 2.82.